The largest absolute Gasteiger partial charge is 0.409 e. The molecule has 1 aromatic heterocycles. The summed E-state index contributed by atoms with van der Waals surface area (Å²) < 4.78 is 0. The zero-order valence-corrected chi connectivity index (χ0v) is 12.6. The average molecular weight is 276 g/mol. The number of amidine groups is 1. The number of aryl methyl sites for hydroxylation is 2. The maximum Gasteiger partial charge on any atom is 0.173 e. The van der Waals surface area contributed by atoms with E-state index in [0.717, 1.165) is 49.3 Å². The minimum Gasteiger partial charge on any atom is -0.409 e. The number of pyridine rings is 1. The van der Waals surface area contributed by atoms with Crippen LogP contribution in [-0.2, 0) is 12.8 Å². The number of nitrogens with two attached hydrogens (primary N) is 1. The second-order valence-corrected chi connectivity index (χ2v) is 5.91. The third-order valence-corrected chi connectivity index (χ3v) is 3.82. The van der Waals surface area contributed by atoms with Gasteiger partial charge in [0, 0.05) is 19.3 Å². The number of aromatic nitrogens is 1. The van der Waals surface area contributed by atoms with Crippen molar-refractivity contribution >= 4 is 11.7 Å². The number of fused-ring (bicyclic) bond motifs is 1. The molecule has 5 heteroatoms. The SMILES string of the molecule is CC(C)CCN(C)c1nc2c(cc1C(N)=NO)CCC2. The molecule has 5 nitrogen and oxygen atoms in total. The Morgan fingerprint density at radius 2 is 2.25 bits per heavy atom. The molecular formula is C15H24N4O. The Bertz CT molecular complexity index is 511. The lowest BCUT2D eigenvalue weighted by molar-refractivity contribution is 0.318. The molecule has 0 unspecified atom stereocenters. The summed E-state index contributed by atoms with van der Waals surface area (Å²) in [6, 6.07) is 2.03. The number of hydrogen-bond acceptors (Lipinski definition) is 4. The van der Waals surface area contributed by atoms with Gasteiger partial charge >= 0.3 is 0 Å². The molecule has 0 radical (unpaired) electrons. The van der Waals surface area contributed by atoms with E-state index >= 15 is 0 Å². The fourth-order valence-electron chi connectivity index (χ4n) is 2.55. The summed E-state index contributed by atoms with van der Waals surface area (Å²) in [5.41, 5.74) is 8.94. The van der Waals surface area contributed by atoms with Crippen LogP contribution in [0, 0.1) is 5.92 Å². The molecule has 1 heterocycles. The van der Waals surface area contributed by atoms with Crippen molar-refractivity contribution in [2.24, 2.45) is 16.8 Å². The number of anilines is 1. The normalized spacial score (nSPS) is 14.7. The van der Waals surface area contributed by atoms with Gasteiger partial charge in [0.05, 0.1) is 5.56 Å². The zero-order chi connectivity index (χ0) is 14.7. The van der Waals surface area contributed by atoms with E-state index in [0.29, 0.717) is 5.92 Å². The highest BCUT2D eigenvalue weighted by Gasteiger charge is 2.20. The number of nitrogens with zero attached hydrogens (tertiary/aromatic N) is 3. The van der Waals surface area contributed by atoms with Crippen LogP contribution < -0.4 is 10.6 Å². The average Bonchev–Trinajstić information content (AvgIpc) is 2.89. The third-order valence-electron chi connectivity index (χ3n) is 3.82. The number of rotatable bonds is 5. The highest BCUT2D eigenvalue weighted by molar-refractivity contribution is 6.01. The second kappa shape index (κ2) is 6.11. The van der Waals surface area contributed by atoms with Crippen LogP contribution in [0.15, 0.2) is 11.2 Å². The summed E-state index contributed by atoms with van der Waals surface area (Å²) >= 11 is 0. The first kappa shape index (κ1) is 14.6. The van der Waals surface area contributed by atoms with Crippen molar-refractivity contribution in [1.29, 1.82) is 0 Å². The van der Waals surface area contributed by atoms with Gasteiger partial charge in [-0.25, -0.2) is 4.98 Å². The molecule has 3 N–H and O–H groups in total. The minimum atomic E-state index is 0.138. The van der Waals surface area contributed by atoms with E-state index in [1.54, 1.807) is 0 Å². The third kappa shape index (κ3) is 3.03. The van der Waals surface area contributed by atoms with Crippen LogP contribution >= 0.6 is 0 Å². The first-order chi connectivity index (χ1) is 9.52. The highest BCUT2D eigenvalue weighted by Crippen LogP contribution is 2.27. The summed E-state index contributed by atoms with van der Waals surface area (Å²) in [5.74, 6) is 1.60. The maximum atomic E-state index is 8.98. The monoisotopic (exact) mass is 276 g/mol. The molecule has 0 amide bonds. The van der Waals surface area contributed by atoms with Crippen LogP contribution in [0.3, 0.4) is 0 Å². The van der Waals surface area contributed by atoms with E-state index in [4.69, 9.17) is 15.9 Å². The Hall–Kier alpha value is -1.78. The summed E-state index contributed by atoms with van der Waals surface area (Å²) in [6.07, 6.45) is 4.28. The van der Waals surface area contributed by atoms with Crippen molar-refractivity contribution in [2.45, 2.75) is 39.5 Å². The fraction of sp³-hybridized carbons (Fsp3) is 0.600. The van der Waals surface area contributed by atoms with Crippen LogP contribution in [-0.4, -0.2) is 29.6 Å². The van der Waals surface area contributed by atoms with Crippen LogP contribution in [0.25, 0.3) is 0 Å². The Morgan fingerprint density at radius 1 is 1.50 bits per heavy atom. The molecule has 0 saturated carbocycles. The molecule has 110 valence electrons. The van der Waals surface area contributed by atoms with Gasteiger partial charge in [-0.2, -0.15) is 0 Å². The molecule has 1 aromatic rings. The summed E-state index contributed by atoms with van der Waals surface area (Å²) in [4.78, 5) is 6.86. The van der Waals surface area contributed by atoms with Gasteiger partial charge in [0.25, 0.3) is 0 Å². The molecule has 1 aliphatic carbocycles. The summed E-state index contributed by atoms with van der Waals surface area (Å²) in [7, 11) is 2.01. The molecule has 0 saturated heterocycles. The first-order valence-corrected chi connectivity index (χ1v) is 7.24. The zero-order valence-electron chi connectivity index (χ0n) is 12.6. The molecule has 20 heavy (non-hydrogen) atoms. The molecule has 0 aromatic carbocycles. The topological polar surface area (TPSA) is 74.7 Å². The quantitative estimate of drug-likeness (QED) is 0.374. The Balaban J connectivity index is 2.34. The maximum absolute atomic E-state index is 8.98. The van der Waals surface area contributed by atoms with E-state index < -0.39 is 0 Å². The Kier molecular flexibility index (Phi) is 4.47. The second-order valence-electron chi connectivity index (χ2n) is 5.91. The smallest absolute Gasteiger partial charge is 0.173 e. The van der Waals surface area contributed by atoms with Crippen molar-refractivity contribution in [3.05, 3.63) is 22.9 Å². The van der Waals surface area contributed by atoms with Gasteiger partial charge in [-0.3, -0.25) is 0 Å². The van der Waals surface area contributed by atoms with Crippen molar-refractivity contribution in [3.8, 4) is 0 Å². The van der Waals surface area contributed by atoms with Crippen LogP contribution in [0.4, 0.5) is 5.82 Å². The van der Waals surface area contributed by atoms with Gasteiger partial charge in [-0.05, 0) is 43.2 Å². The Morgan fingerprint density at radius 3 is 2.90 bits per heavy atom. The van der Waals surface area contributed by atoms with E-state index in [2.05, 4.69) is 23.9 Å². The summed E-state index contributed by atoms with van der Waals surface area (Å²) in [6.45, 7) is 5.32. The molecule has 1 aliphatic rings. The molecule has 0 fully saturated rings. The van der Waals surface area contributed by atoms with Crippen molar-refractivity contribution < 1.29 is 5.21 Å². The van der Waals surface area contributed by atoms with E-state index in [-0.39, 0.29) is 5.84 Å². The van der Waals surface area contributed by atoms with Gasteiger partial charge < -0.3 is 15.8 Å². The molecular weight excluding hydrogens is 252 g/mol. The van der Waals surface area contributed by atoms with Gasteiger partial charge in [-0.15, -0.1) is 0 Å². The van der Waals surface area contributed by atoms with Crippen LogP contribution in [0.2, 0.25) is 0 Å². The predicted molar refractivity (Wildman–Crippen MR) is 81.5 cm³/mol. The molecule has 0 atom stereocenters. The fourth-order valence-corrected chi connectivity index (χ4v) is 2.55. The minimum absolute atomic E-state index is 0.138. The highest BCUT2D eigenvalue weighted by atomic mass is 16.4. The first-order valence-electron chi connectivity index (χ1n) is 7.24. The van der Waals surface area contributed by atoms with Gasteiger partial charge in [-0.1, -0.05) is 19.0 Å². The van der Waals surface area contributed by atoms with Gasteiger partial charge in [0.2, 0.25) is 0 Å². The lowest BCUT2D eigenvalue weighted by Crippen LogP contribution is -2.26. The number of oxime groups is 1. The van der Waals surface area contributed by atoms with E-state index in [1.807, 2.05) is 13.1 Å². The molecule has 0 aliphatic heterocycles. The van der Waals surface area contributed by atoms with E-state index in [1.165, 1.54) is 5.56 Å². The molecule has 0 spiro atoms. The van der Waals surface area contributed by atoms with Crippen molar-refractivity contribution in [2.75, 3.05) is 18.5 Å². The Labute approximate surface area is 120 Å². The van der Waals surface area contributed by atoms with Crippen LogP contribution in [0.5, 0.6) is 0 Å². The number of hydrogen-bond donors (Lipinski definition) is 2. The molecule has 2 rings (SSSR count). The van der Waals surface area contributed by atoms with Gasteiger partial charge in [0.15, 0.2) is 5.84 Å². The molecule has 0 bridgehead atoms. The van der Waals surface area contributed by atoms with Crippen LogP contribution in [0.1, 0.15) is 43.5 Å². The van der Waals surface area contributed by atoms with Crippen molar-refractivity contribution in [3.63, 3.8) is 0 Å². The predicted octanol–water partition coefficient (Wildman–Crippen LogP) is 2.15. The lowest BCUT2D eigenvalue weighted by Gasteiger charge is -2.22. The summed E-state index contributed by atoms with van der Waals surface area (Å²) in [5, 5.41) is 12.1. The van der Waals surface area contributed by atoms with Gasteiger partial charge in [0.1, 0.15) is 5.82 Å². The lowest BCUT2D eigenvalue weighted by atomic mass is 10.1. The van der Waals surface area contributed by atoms with Crippen molar-refractivity contribution in [1.82, 2.24) is 4.98 Å². The standard InChI is InChI=1S/C15H24N4O/c1-10(2)7-8-19(3)15-12(14(16)18-20)9-11-5-4-6-13(11)17-15/h9-10,20H,4-8H2,1-3H3,(H2,16,18). The van der Waals surface area contributed by atoms with E-state index in [9.17, 15) is 0 Å².